The highest BCUT2D eigenvalue weighted by Gasteiger charge is 2.32. The third-order valence-electron chi connectivity index (χ3n) is 5.25. The average Bonchev–Trinajstić information content (AvgIpc) is 2.99. The highest BCUT2D eigenvalue weighted by atomic mass is 16.7. The summed E-state index contributed by atoms with van der Waals surface area (Å²) in [6, 6.07) is 0. The summed E-state index contributed by atoms with van der Waals surface area (Å²) in [5.74, 6) is -1.55. The summed E-state index contributed by atoms with van der Waals surface area (Å²) >= 11 is 0. The summed E-state index contributed by atoms with van der Waals surface area (Å²) < 4.78 is 0. The summed E-state index contributed by atoms with van der Waals surface area (Å²) in [6.07, 6.45) is 17.1. The van der Waals surface area contributed by atoms with Crippen LogP contribution in [0.1, 0.15) is 116 Å². The molecule has 1 heterocycles. The van der Waals surface area contributed by atoms with E-state index in [9.17, 15) is 19.2 Å². The van der Waals surface area contributed by atoms with Gasteiger partial charge >= 0.3 is 5.97 Å². The Labute approximate surface area is 174 Å². The van der Waals surface area contributed by atoms with E-state index in [0.717, 1.165) is 32.1 Å². The Kier molecular flexibility index (Phi) is 13.8. The number of rotatable bonds is 18. The summed E-state index contributed by atoms with van der Waals surface area (Å²) in [5.41, 5.74) is 5.11. The van der Waals surface area contributed by atoms with Gasteiger partial charge in [-0.3, -0.25) is 14.4 Å². The molecule has 2 N–H and O–H groups in total. The van der Waals surface area contributed by atoms with Crippen molar-refractivity contribution in [2.75, 3.05) is 0 Å². The van der Waals surface area contributed by atoms with Gasteiger partial charge in [-0.1, -0.05) is 77.0 Å². The van der Waals surface area contributed by atoms with Crippen molar-refractivity contribution in [3.63, 3.8) is 0 Å². The van der Waals surface area contributed by atoms with Gasteiger partial charge in [0.1, 0.15) is 0 Å². The van der Waals surface area contributed by atoms with E-state index in [-0.39, 0.29) is 25.2 Å². The molecule has 1 fully saturated rings. The van der Waals surface area contributed by atoms with Crippen LogP contribution in [0, 0.1) is 0 Å². The SMILES string of the molecule is NC(=O)CCCCCCCCCCCCCCCCC(=O)ON1C(=O)CCC1=O. The summed E-state index contributed by atoms with van der Waals surface area (Å²) in [5, 5.41) is 0.617. The number of amides is 3. The van der Waals surface area contributed by atoms with E-state index in [1.54, 1.807) is 0 Å². The summed E-state index contributed by atoms with van der Waals surface area (Å²) in [6.45, 7) is 0. The largest absolute Gasteiger partial charge is 0.370 e. The fraction of sp³-hybridized carbons (Fsp3) is 0.818. The van der Waals surface area contributed by atoms with Gasteiger partial charge in [-0.25, -0.2) is 4.79 Å². The van der Waals surface area contributed by atoms with Crippen LogP contribution >= 0.6 is 0 Å². The van der Waals surface area contributed by atoms with E-state index in [4.69, 9.17) is 10.6 Å². The molecule has 1 rings (SSSR count). The minimum absolute atomic E-state index is 0.129. The number of hydroxylamine groups is 2. The van der Waals surface area contributed by atoms with Crippen LogP contribution in [0.4, 0.5) is 0 Å². The molecule has 0 aromatic heterocycles. The second kappa shape index (κ2) is 15.9. The van der Waals surface area contributed by atoms with Gasteiger partial charge in [0.15, 0.2) is 0 Å². The van der Waals surface area contributed by atoms with E-state index in [0.29, 0.717) is 11.5 Å². The van der Waals surface area contributed by atoms with Crippen molar-refractivity contribution in [1.82, 2.24) is 5.06 Å². The van der Waals surface area contributed by atoms with Crippen LogP contribution < -0.4 is 5.73 Å². The van der Waals surface area contributed by atoms with E-state index in [1.165, 1.54) is 57.8 Å². The monoisotopic (exact) mass is 410 g/mol. The smallest absolute Gasteiger partial charge is 0.333 e. The second-order valence-corrected chi connectivity index (χ2v) is 7.96. The first-order valence-electron chi connectivity index (χ1n) is 11.4. The predicted octanol–water partition coefficient (Wildman–Crippen LogP) is 4.32. The van der Waals surface area contributed by atoms with Gasteiger partial charge in [0.25, 0.3) is 11.8 Å². The molecule has 1 aliphatic rings. The minimum atomic E-state index is -0.499. The normalized spacial score (nSPS) is 13.9. The van der Waals surface area contributed by atoms with Gasteiger partial charge in [-0.05, 0) is 12.8 Å². The lowest BCUT2D eigenvalue weighted by atomic mass is 10.0. The van der Waals surface area contributed by atoms with E-state index in [2.05, 4.69) is 0 Å². The molecule has 0 bridgehead atoms. The standard InChI is InChI=1S/C22H38N2O5/c23-19(25)15-13-11-9-7-5-3-1-2-4-6-8-10-12-14-16-22(28)29-24-20(26)17-18-21(24)27/h1-18H2,(H2,23,25). The molecule has 29 heavy (non-hydrogen) atoms. The van der Waals surface area contributed by atoms with Gasteiger partial charge in [-0.15, -0.1) is 5.06 Å². The van der Waals surface area contributed by atoms with E-state index in [1.807, 2.05) is 0 Å². The fourth-order valence-electron chi connectivity index (χ4n) is 3.50. The van der Waals surface area contributed by atoms with Gasteiger partial charge < -0.3 is 10.6 Å². The van der Waals surface area contributed by atoms with Crippen LogP contribution in [-0.2, 0) is 24.0 Å². The molecule has 0 radical (unpaired) electrons. The van der Waals surface area contributed by atoms with Crippen LogP contribution in [0.3, 0.4) is 0 Å². The van der Waals surface area contributed by atoms with Gasteiger partial charge in [0, 0.05) is 25.7 Å². The number of carbonyl (C=O) groups excluding carboxylic acids is 4. The van der Waals surface area contributed by atoms with Gasteiger partial charge in [0.05, 0.1) is 0 Å². The molecule has 0 aliphatic carbocycles. The number of primary amides is 1. The highest BCUT2D eigenvalue weighted by Crippen LogP contribution is 2.15. The van der Waals surface area contributed by atoms with Gasteiger partial charge in [-0.2, -0.15) is 0 Å². The van der Waals surface area contributed by atoms with Crippen LogP contribution in [0.5, 0.6) is 0 Å². The molecular formula is C22H38N2O5. The molecule has 0 unspecified atom stereocenters. The van der Waals surface area contributed by atoms with Gasteiger partial charge in [0.2, 0.25) is 5.91 Å². The van der Waals surface area contributed by atoms with E-state index >= 15 is 0 Å². The van der Waals surface area contributed by atoms with Crippen molar-refractivity contribution in [3.8, 4) is 0 Å². The lowest BCUT2D eigenvalue weighted by Crippen LogP contribution is -2.31. The Morgan fingerprint density at radius 2 is 1.00 bits per heavy atom. The first-order valence-corrected chi connectivity index (χ1v) is 11.4. The number of carbonyl (C=O) groups is 4. The van der Waals surface area contributed by atoms with Crippen LogP contribution in [0.2, 0.25) is 0 Å². The summed E-state index contributed by atoms with van der Waals surface area (Å²) in [4.78, 5) is 49.9. The number of hydrogen-bond donors (Lipinski definition) is 1. The Bertz CT molecular complexity index is 505. The summed E-state index contributed by atoms with van der Waals surface area (Å²) in [7, 11) is 0. The third-order valence-corrected chi connectivity index (χ3v) is 5.25. The maximum absolute atomic E-state index is 11.7. The number of unbranched alkanes of at least 4 members (excludes halogenated alkanes) is 13. The van der Waals surface area contributed by atoms with Crippen LogP contribution in [0.15, 0.2) is 0 Å². The highest BCUT2D eigenvalue weighted by molar-refractivity contribution is 6.01. The minimum Gasteiger partial charge on any atom is -0.370 e. The van der Waals surface area contributed by atoms with E-state index < -0.39 is 17.8 Å². The number of nitrogens with two attached hydrogens (primary N) is 1. The fourth-order valence-corrected chi connectivity index (χ4v) is 3.50. The zero-order chi connectivity index (χ0) is 21.3. The van der Waals surface area contributed by atoms with Crippen molar-refractivity contribution < 1.29 is 24.0 Å². The average molecular weight is 411 g/mol. The van der Waals surface area contributed by atoms with Crippen molar-refractivity contribution in [3.05, 3.63) is 0 Å². The molecule has 166 valence electrons. The zero-order valence-corrected chi connectivity index (χ0v) is 17.8. The first-order chi connectivity index (χ1) is 14.0. The van der Waals surface area contributed by atoms with Crippen molar-refractivity contribution in [2.45, 2.75) is 116 Å². The number of imide groups is 1. The topological polar surface area (TPSA) is 107 Å². The van der Waals surface area contributed by atoms with Crippen molar-refractivity contribution >= 4 is 23.7 Å². The first kappa shape index (κ1) is 25.1. The van der Waals surface area contributed by atoms with Crippen LogP contribution in [0.25, 0.3) is 0 Å². The Hall–Kier alpha value is -1.92. The maximum Gasteiger partial charge on any atom is 0.333 e. The number of hydrogen-bond acceptors (Lipinski definition) is 5. The Morgan fingerprint density at radius 1 is 0.655 bits per heavy atom. The molecule has 0 aromatic rings. The van der Waals surface area contributed by atoms with Crippen LogP contribution in [-0.4, -0.2) is 28.8 Å². The molecule has 1 saturated heterocycles. The molecule has 7 nitrogen and oxygen atoms in total. The van der Waals surface area contributed by atoms with Crippen molar-refractivity contribution in [2.24, 2.45) is 5.73 Å². The Morgan fingerprint density at radius 3 is 1.38 bits per heavy atom. The lowest BCUT2D eigenvalue weighted by Gasteiger charge is -2.12. The molecular weight excluding hydrogens is 372 g/mol. The predicted molar refractivity (Wildman–Crippen MR) is 110 cm³/mol. The third kappa shape index (κ3) is 13.0. The molecule has 0 atom stereocenters. The Balaban J connectivity index is 1.79. The molecule has 1 aliphatic heterocycles. The quantitative estimate of drug-likeness (QED) is 0.267. The van der Waals surface area contributed by atoms with Crippen molar-refractivity contribution in [1.29, 1.82) is 0 Å². The maximum atomic E-state index is 11.7. The molecule has 0 aromatic carbocycles. The molecule has 3 amide bonds. The zero-order valence-electron chi connectivity index (χ0n) is 17.8. The molecule has 7 heteroatoms. The number of nitrogens with zero attached hydrogens (tertiary/aromatic N) is 1. The molecule has 0 saturated carbocycles. The molecule has 0 spiro atoms. The second-order valence-electron chi connectivity index (χ2n) is 7.96. The lowest BCUT2D eigenvalue weighted by molar-refractivity contribution is -0.197.